The van der Waals surface area contributed by atoms with Crippen molar-refractivity contribution < 1.29 is 14.2 Å². The Morgan fingerprint density at radius 3 is 2.85 bits per heavy atom. The quantitative estimate of drug-likeness (QED) is 0.791. The molecule has 1 aromatic carbocycles. The van der Waals surface area contributed by atoms with Crippen molar-refractivity contribution in [1.29, 1.82) is 0 Å². The lowest BCUT2D eigenvalue weighted by molar-refractivity contribution is 0.0314. The van der Waals surface area contributed by atoms with Crippen LogP contribution in [-0.2, 0) is 4.74 Å². The Morgan fingerprint density at radius 2 is 2.15 bits per heavy atom. The summed E-state index contributed by atoms with van der Waals surface area (Å²) in [7, 11) is 1.59. The molecular formula is C19H25N3O4. The van der Waals surface area contributed by atoms with Crippen molar-refractivity contribution in [3.05, 3.63) is 46.4 Å². The van der Waals surface area contributed by atoms with Crippen molar-refractivity contribution in [3.8, 4) is 11.5 Å². The normalized spacial score (nSPS) is 20.6. The lowest BCUT2D eigenvalue weighted by Gasteiger charge is -2.23. The minimum Gasteiger partial charge on any atom is -0.493 e. The summed E-state index contributed by atoms with van der Waals surface area (Å²) in [5, 5.41) is 3.18. The van der Waals surface area contributed by atoms with Crippen molar-refractivity contribution in [2.24, 2.45) is 0 Å². The van der Waals surface area contributed by atoms with Gasteiger partial charge in [0.2, 0.25) is 5.95 Å². The van der Waals surface area contributed by atoms with Crippen LogP contribution in [0, 0.1) is 0 Å². The van der Waals surface area contributed by atoms with Gasteiger partial charge in [0.05, 0.1) is 18.4 Å². The molecule has 1 aromatic heterocycles. The van der Waals surface area contributed by atoms with Gasteiger partial charge in [0, 0.05) is 19.2 Å². The van der Waals surface area contributed by atoms with Gasteiger partial charge in [0.15, 0.2) is 11.5 Å². The van der Waals surface area contributed by atoms with E-state index in [9.17, 15) is 4.79 Å². The van der Waals surface area contributed by atoms with Gasteiger partial charge in [-0.25, -0.2) is 4.98 Å². The van der Waals surface area contributed by atoms with Gasteiger partial charge in [-0.05, 0) is 38.8 Å². The SMILES string of the molecule is COc1ccccc1OC(C)c1cc(=O)[nH]c(NCC2(C)CCCO2)n1. The second kappa shape index (κ2) is 7.78. The molecule has 0 radical (unpaired) electrons. The van der Waals surface area contributed by atoms with Crippen LogP contribution in [-0.4, -0.2) is 35.8 Å². The van der Waals surface area contributed by atoms with E-state index < -0.39 is 6.10 Å². The van der Waals surface area contributed by atoms with Crippen molar-refractivity contribution in [3.63, 3.8) is 0 Å². The molecule has 1 aliphatic heterocycles. The van der Waals surface area contributed by atoms with E-state index in [2.05, 4.69) is 22.2 Å². The predicted molar refractivity (Wildman–Crippen MR) is 99.0 cm³/mol. The van der Waals surface area contributed by atoms with Crippen molar-refractivity contribution in [2.75, 3.05) is 25.6 Å². The number of nitrogens with one attached hydrogen (secondary N) is 2. The molecule has 1 saturated heterocycles. The number of methoxy groups -OCH3 is 1. The van der Waals surface area contributed by atoms with Crippen LogP contribution in [0.25, 0.3) is 0 Å². The molecule has 1 aliphatic rings. The predicted octanol–water partition coefficient (Wildman–Crippen LogP) is 2.90. The highest BCUT2D eigenvalue weighted by atomic mass is 16.5. The zero-order chi connectivity index (χ0) is 18.6. The van der Waals surface area contributed by atoms with E-state index in [1.165, 1.54) is 6.07 Å². The molecule has 0 amide bonds. The van der Waals surface area contributed by atoms with Crippen LogP contribution in [0.15, 0.2) is 35.1 Å². The van der Waals surface area contributed by atoms with E-state index in [-0.39, 0.29) is 11.2 Å². The monoisotopic (exact) mass is 359 g/mol. The van der Waals surface area contributed by atoms with Crippen molar-refractivity contribution in [1.82, 2.24) is 9.97 Å². The Morgan fingerprint density at radius 1 is 1.38 bits per heavy atom. The Hall–Kier alpha value is -2.54. The molecule has 2 unspecified atom stereocenters. The van der Waals surface area contributed by atoms with Crippen LogP contribution in [0.1, 0.15) is 38.5 Å². The molecule has 3 rings (SSSR count). The maximum absolute atomic E-state index is 12.0. The first-order valence-electron chi connectivity index (χ1n) is 8.78. The molecule has 140 valence electrons. The second-order valence-corrected chi connectivity index (χ2v) is 6.69. The molecule has 26 heavy (non-hydrogen) atoms. The van der Waals surface area contributed by atoms with E-state index in [0.717, 1.165) is 19.4 Å². The van der Waals surface area contributed by atoms with Crippen molar-refractivity contribution in [2.45, 2.75) is 38.4 Å². The number of H-pyrrole nitrogens is 1. The molecule has 2 N–H and O–H groups in total. The molecule has 0 aliphatic carbocycles. The van der Waals surface area contributed by atoms with E-state index >= 15 is 0 Å². The lowest BCUT2D eigenvalue weighted by atomic mass is 10.0. The summed E-state index contributed by atoms with van der Waals surface area (Å²) in [6.45, 7) is 5.26. The average molecular weight is 359 g/mol. The van der Waals surface area contributed by atoms with Gasteiger partial charge in [-0.3, -0.25) is 9.78 Å². The first-order chi connectivity index (χ1) is 12.5. The number of rotatable bonds is 7. The number of benzene rings is 1. The number of hydrogen-bond acceptors (Lipinski definition) is 6. The second-order valence-electron chi connectivity index (χ2n) is 6.69. The van der Waals surface area contributed by atoms with Gasteiger partial charge < -0.3 is 19.5 Å². The number of ether oxygens (including phenoxy) is 3. The maximum Gasteiger partial charge on any atom is 0.252 e. The Balaban J connectivity index is 1.73. The molecule has 2 aromatic rings. The number of hydrogen-bond donors (Lipinski definition) is 2. The number of aromatic nitrogens is 2. The number of nitrogens with zero attached hydrogens (tertiary/aromatic N) is 1. The van der Waals surface area contributed by atoms with Gasteiger partial charge >= 0.3 is 0 Å². The van der Waals surface area contributed by atoms with Gasteiger partial charge in [-0.15, -0.1) is 0 Å². The average Bonchev–Trinajstić information content (AvgIpc) is 3.07. The van der Waals surface area contributed by atoms with Crippen LogP contribution in [0.5, 0.6) is 11.5 Å². The summed E-state index contributed by atoms with van der Waals surface area (Å²) in [6, 6.07) is 8.82. The summed E-state index contributed by atoms with van der Waals surface area (Å²) in [6.07, 6.45) is 1.62. The molecule has 1 fully saturated rings. The highest BCUT2D eigenvalue weighted by Crippen LogP contribution is 2.30. The fourth-order valence-electron chi connectivity index (χ4n) is 2.98. The van der Waals surface area contributed by atoms with Gasteiger partial charge in [0.1, 0.15) is 6.10 Å². The van der Waals surface area contributed by atoms with Gasteiger partial charge in [0.25, 0.3) is 5.56 Å². The zero-order valence-electron chi connectivity index (χ0n) is 15.4. The molecule has 0 spiro atoms. The number of aromatic amines is 1. The summed E-state index contributed by atoms with van der Waals surface area (Å²) in [4.78, 5) is 19.2. The fourth-order valence-corrected chi connectivity index (χ4v) is 2.98. The number of anilines is 1. The fraction of sp³-hybridized carbons (Fsp3) is 0.474. The summed E-state index contributed by atoms with van der Waals surface area (Å²) >= 11 is 0. The third kappa shape index (κ3) is 4.35. The van der Waals surface area contributed by atoms with Gasteiger partial charge in [-0.1, -0.05) is 12.1 Å². The first-order valence-corrected chi connectivity index (χ1v) is 8.78. The molecule has 7 heteroatoms. The minimum atomic E-state index is -0.410. The zero-order valence-corrected chi connectivity index (χ0v) is 15.4. The number of para-hydroxylation sites is 2. The van der Waals surface area contributed by atoms with Gasteiger partial charge in [-0.2, -0.15) is 0 Å². The molecular weight excluding hydrogens is 334 g/mol. The summed E-state index contributed by atoms with van der Waals surface area (Å²) in [5.41, 5.74) is 0.0822. The van der Waals surface area contributed by atoms with Crippen LogP contribution < -0.4 is 20.3 Å². The molecule has 7 nitrogen and oxygen atoms in total. The maximum atomic E-state index is 12.0. The van der Waals surface area contributed by atoms with E-state index in [0.29, 0.717) is 29.7 Å². The Kier molecular flexibility index (Phi) is 5.46. The molecule has 0 saturated carbocycles. The molecule has 2 atom stereocenters. The van der Waals surface area contributed by atoms with E-state index in [1.807, 2.05) is 31.2 Å². The first kappa shape index (κ1) is 18.3. The topological polar surface area (TPSA) is 85.5 Å². The van der Waals surface area contributed by atoms with Crippen LogP contribution in [0.2, 0.25) is 0 Å². The van der Waals surface area contributed by atoms with Crippen LogP contribution in [0.3, 0.4) is 0 Å². The summed E-state index contributed by atoms with van der Waals surface area (Å²) in [5.74, 6) is 1.65. The minimum absolute atomic E-state index is 0.228. The molecule has 0 bridgehead atoms. The Bertz CT molecular complexity index is 799. The molecule has 2 heterocycles. The van der Waals surface area contributed by atoms with Crippen molar-refractivity contribution >= 4 is 5.95 Å². The Labute approximate surface area is 152 Å². The van der Waals surface area contributed by atoms with Crippen LogP contribution in [0.4, 0.5) is 5.95 Å². The highest BCUT2D eigenvalue weighted by Gasteiger charge is 2.29. The third-order valence-electron chi connectivity index (χ3n) is 4.48. The van der Waals surface area contributed by atoms with E-state index in [4.69, 9.17) is 14.2 Å². The van der Waals surface area contributed by atoms with Crippen LogP contribution >= 0.6 is 0 Å². The third-order valence-corrected chi connectivity index (χ3v) is 4.48. The smallest absolute Gasteiger partial charge is 0.252 e. The highest BCUT2D eigenvalue weighted by molar-refractivity contribution is 5.39. The lowest BCUT2D eigenvalue weighted by Crippen LogP contribution is -2.33. The summed E-state index contributed by atoms with van der Waals surface area (Å²) < 4.78 is 17.0. The van der Waals surface area contributed by atoms with E-state index in [1.54, 1.807) is 7.11 Å². The standard InChI is InChI=1S/C19H25N3O4/c1-13(26-16-8-5-4-7-15(16)24-3)14-11-17(23)22-18(21-14)20-12-19(2)9-6-10-25-19/h4-5,7-8,11,13H,6,9-10,12H2,1-3H3,(H2,20,21,22,23). The largest absolute Gasteiger partial charge is 0.493 e.